The Bertz CT molecular complexity index is 541. The molecule has 1 aromatic rings. The molecular weight excluding hydrogens is 245 g/mol. The van der Waals surface area contributed by atoms with E-state index in [1.54, 1.807) is 6.07 Å². The maximum atomic E-state index is 13.7. The van der Waals surface area contributed by atoms with Crippen molar-refractivity contribution in [2.45, 2.75) is 25.8 Å². The van der Waals surface area contributed by atoms with Crippen LogP contribution in [0.3, 0.4) is 0 Å². The molecule has 1 unspecified atom stereocenters. The van der Waals surface area contributed by atoms with Crippen molar-refractivity contribution >= 4 is 5.91 Å². The SMILES string of the molecule is CC(NC(=O)c1ccc(C#CCO)c(F)c1)C1CC1. The van der Waals surface area contributed by atoms with Crippen LogP contribution in [0.2, 0.25) is 0 Å². The standard InChI is InChI=1S/C15H16FNO2/c1-10(11-4-5-11)17-15(19)13-7-6-12(3-2-8-18)14(16)9-13/h6-7,9-11,18H,4-5,8H2,1H3,(H,17,19). The van der Waals surface area contributed by atoms with Gasteiger partial charge in [-0.05, 0) is 43.9 Å². The third-order valence-corrected chi connectivity index (χ3v) is 3.22. The van der Waals surface area contributed by atoms with Crippen LogP contribution in [0, 0.1) is 23.6 Å². The second kappa shape index (κ2) is 5.85. The van der Waals surface area contributed by atoms with Gasteiger partial charge in [-0.3, -0.25) is 4.79 Å². The monoisotopic (exact) mass is 261 g/mol. The van der Waals surface area contributed by atoms with E-state index in [1.165, 1.54) is 12.1 Å². The van der Waals surface area contributed by atoms with E-state index < -0.39 is 5.82 Å². The number of halogens is 1. The molecule has 1 fully saturated rings. The molecule has 2 rings (SSSR count). The highest BCUT2D eigenvalue weighted by Gasteiger charge is 2.29. The first-order chi connectivity index (χ1) is 9.11. The summed E-state index contributed by atoms with van der Waals surface area (Å²) in [4.78, 5) is 11.9. The van der Waals surface area contributed by atoms with Gasteiger partial charge in [-0.1, -0.05) is 11.8 Å². The van der Waals surface area contributed by atoms with Crippen LogP contribution in [0.5, 0.6) is 0 Å². The van der Waals surface area contributed by atoms with Gasteiger partial charge in [0.05, 0.1) is 5.56 Å². The van der Waals surface area contributed by atoms with Crippen LogP contribution in [0.4, 0.5) is 4.39 Å². The number of carbonyl (C=O) groups excluding carboxylic acids is 1. The summed E-state index contributed by atoms with van der Waals surface area (Å²) in [6.07, 6.45) is 2.29. The normalized spacial score (nSPS) is 15.3. The average Bonchev–Trinajstić information content (AvgIpc) is 3.21. The van der Waals surface area contributed by atoms with E-state index in [0.29, 0.717) is 11.5 Å². The van der Waals surface area contributed by atoms with Crippen molar-refractivity contribution in [3.63, 3.8) is 0 Å². The van der Waals surface area contributed by atoms with Gasteiger partial charge in [0.25, 0.3) is 5.91 Å². The molecule has 0 aromatic heterocycles. The summed E-state index contributed by atoms with van der Waals surface area (Å²) in [7, 11) is 0. The number of rotatable bonds is 3. The second-order valence-corrected chi connectivity index (χ2v) is 4.75. The van der Waals surface area contributed by atoms with Gasteiger partial charge >= 0.3 is 0 Å². The highest BCUT2D eigenvalue weighted by Crippen LogP contribution is 2.32. The van der Waals surface area contributed by atoms with Crippen molar-refractivity contribution in [2.24, 2.45) is 5.92 Å². The van der Waals surface area contributed by atoms with Crippen LogP contribution >= 0.6 is 0 Å². The molecule has 100 valence electrons. The van der Waals surface area contributed by atoms with Gasteiger partial charge in [0.2, 0.25) is 0 Å². The molecule has 1 saturated carbocycles. The van der Waals surface area contributed by atoms with Crippen LogP contribution in [-0.4, -0.2) is 23.7 Å². The van der Waals surface area contributed by atoms with Crippen LogP contribution in [-0.2, 0) is 0 Å². The molecule has 0 bridgehead atoms. The number of nitrogens with one attached hydrogen (secondary N) is 1. The number of carbonyl (C=O) groups is 1. The van der Waals surface area contributed by atoms with Crippen molar-refractivity contribution in [1.82, 2.24) is 5.32 Å². The maximum Gasteiger partial charge on any atom is 0.251 e. The zero-order valence-electron chi connectivity index (χ0n) is 10.7. The maximum absolute atomic E-state index is 13.7. The molecule has 0 radical (unpaired) electrons. The van der Waals surface area contributed by atoms with Gasteiger partial charge < -0.3 is 10.4 Å². The molecule has 4 heteroatoms. The molecule has 19 heavy (non-hydrogen) atoms. The summed E-state index contributed by atoms with van der Waals surface area (Å²) in [6.45, 7) is 1.65. The number of hydrogen-bond donors (Lipinski definition) is 2. The third kappa shape index (κ3) is 3.55. The molecule has 1 aromatic carbocycles. The Labute approximate surface area is 111 Å². The topological polar surface area (TPSA) is 49.3 Å². The van der Waals surface area contributed by atoms with Crippen LogP contribution in [0.1, 0.15) is 35.7 Å². The predicted molar refractivity (Wildman–Crippen MR) is 70.0 cm³/mol. The molecule has 1 aliphatic carbocycles. The zero-order chi connectivity index (χ0) is 13.8. The first-order valence-corrected chi connectivity index (χ1v) is 6.32. The van der Waals surface area contributed by atoms with Crippen LogP contribution in [0.25, 0.3) is 0 Å². The van der Waals surface area contributed by atoms with Crippen molar-refractivity contribution in [3.05, 3.63) is 35.1 Å². The summed E-state index contributed by atoms with van der Waals surface area (Å²) < 4.78 is 13.7. The Morgan fingerprint density at radius 3 is 2.89 bits per heavy atom. The molecule has 1 amide bonds. The van der Waals surface area contributed by atoms with Crippen molar-refractivity contribution < 1.29 is 14.3 Å². The third-order valence-electron chi connectivity index (χ3n) is 3.22. The van der Waals surface area contributed by atoms with E-state index in [1.807, 2.05) is 6.92 Å². The lowest BCUT2D eigenvalue weighted by Crippen LogP contribution is -2.34. The van der Waals surface area contributed by atoms with Gasteiger partial charge in [-0.15, -0.1) is 0 Å². The fourth-order valence-electron chi connectivity index (χ4n) is 1.90. The number of amides is 1. The zero-order valence-corrected chi connectivity index (χ0v) is 10.7. The number of aliphatic hydroxyl groups excluding tert-OH is 1. The summed E-state index contributed by atoms with van der Waals surface area (Å²) in [5.74, 6) is 4.61. The Kier molecular flexibility index (Phi) is 4.18. The number of benzene rings is 1. The minimum absolute atomic E-state index is 0.129. The number of aliphatic hydroxyl groups is 1. The Balaban J connectivity index is 2.07. The Morgan fingerprint density at radius 2 is 2.32 bits per heavy atom. The molecule has 0 spiro atoms. The van der Waals surface area contributed by atoms with Crippen molar-refractivity contribution in [3.8, 4) is 11.8 Å². The predicted octanol–water partition coefficient (Wildman–Crippen LogP) is 1.70. The fraction of sp³-hybridized carbons (Fsp3) is 0.400. The molecule has 0 saturated heterocycles. The highest BCUT2D eigenvalue weighted by atomic mass is 19.1. The molecule has 3 nitrogen and oxygen atoms in total. The molecule has 1 atom stereocenters. The van der Waals surface area contributed by atoms with E-state index in [4.69, 9.17) is 5.11 Å². The van der Waals surface area contributed by atoms with Gasteiger partial charge in [0.1, 0.15) is 12.4 Å². The molecule has 1 aliphatic rings. The van der Waals surface area contributed by atoms with E-state index in [0.717, 1.165) is 12.8 Å². The minimum atomic E-state index is -0.548. The first kappa shape index (κ1) is 13.6. The number of hydrogen-bond acceptors (Lipinski definition) is 2. The van der Waals surface area contributed by atoms with E-state index >= 15 is 0 Å². The van der Waals surface area contributed by atoms with Gasteiger partial charge in [-0.2, -0.15) is 0 Å². The summed E-state index contributed by atoms with van der Waals surface area (Å²) in [5, 5.41) is 11.4. The van der Waals surface area contributed by atoms with E-state index in [9.17, 15) is 9.18 Å². The van der Waals surface area contributed by atoms with Gasteiger partial charge in [0.15, 0.2) is 0 Å². The van der Waals surface area contributed by atoms with Crippen LogP contribution < -0.4 is 5.32 Å². The summed E-state index contributed by atoms with van der Waals surface area (Å²) in [6, 6.07) is 4.30. The second-order valence-electron chi connectivity index (χ2n) is 4.75. The highest BCUT2D eigenvalue weighted by molar-refractivity contribution is 5.94. The lowest BCUT2D eigenvalue weighted by atomic mass is 10.1. The van der Waals surface area contributed by atoms with Crippen molar-refractivity contribution in [1.29, 1.82) is 0 Å². The van der Waals surface area contributed by atoms with E-state index in [-0.39, 0.29) is 24.1 Å². The fourth-order valence-corrected chi connectivity index (χ4v) is 1.90. The Morgan fingerprint density at radius 1 is 1.58 bits per heavy atom. The first-order valence-electron chi connectivity index (χ1n) is 6.32. The molecular formula is C15H16FNO2. The van der Waals surface area contributed by atoms with Crippen molar-refractivity contribution in [2.75, 3.05) is 6.61 Å². The smallest absolute Gasteiger partial charge is 0.251 e. The summed E-state index contributed by atoms with van der Waals surface area (Å²) in [5.41, 5.74) is 0.473. The summed E-state index contributed by atoms with van der Waals surface area (Å²) >= 11 is 0. The quantitative estimate of drug-likeness (QED) is 0.814. The van der Waals surface area contributed by atoms with E-state index in [2.05, 4.69) is 17.2 Å². The van der Waals surface area contributed by atoms with Gasteiger partial charge in [-0.25, -0.2) is 4.39 Å². The minimum Gasteiger partial charge on any atom is -0.384 e. The lowest BCUT2D eigenvalue weighted by Gasteiger charge is -2.12. The lowest BCUT2D eigenvalue weighted by molar-refractivity contribution is 0.0935. The average molecular weight is 261 g/mol. The Hall–Kier alpha value is -1.86. The molecule has 2 N–H and O–H groups in total. The van der Waals surface area contributed by atoms with Crippen LogP contribution in [0.15, 0.2) is 18.2 Å². The largest absolute Gasteiger partial charge is 0.384 e. The van der Waals surface area contributed by atoms with Gasteiger partial charge in [0, 0.05) is 11.6 Å². The molecule has 0 aliphatic heterocycles. The molecule has 0 heterocycles.